The number of halogens is 4. The molecule has 0 aliphatic rings. The smallest absolute Gasteiger partial charge is 0.364 e. The van der Waals surface area contributed by atoms with E-state index in [9.17, 15) is 27.2 Å². The van der Waals surface area contributed by atoms with Crippen molar-refractivity contribution in [1.29, 1.82) is 0 Å². The second-order valence-electron chi connectivity index (χ2n) is 7.89. The fourth-order valence-corrected chi connectivity index (χ4v) is 3.55. The Morgan fingerprint density at radius 3 is 2.30 bits per heavy atom. The number of alkyl halides is 3. The maximum Gasteiger partial charge on any atom is 0.416 e. The molecule has 4 N–H and O–H groups in total. The molecule has 190 valence electrons. The molecule has 0 fully saturated rings. The monoisotopic (exact) mass is 512 g/mol. The molecule has 0 aliphatic carbocycles. The number of hydrogen-bond donors (Lipinski definition) is 3. The summed E-state index contributed by atoms with van der Waals surface area (Å²) >= 11 is 0. The van der Waals surface area contributed by atoms with E-state index in [4.69, 9.17) is 5.73 Å². The van der Waals surface area contributed by atoms with Gasteiger partial charge in [0.25, 0.3) is 5.91 Å². The molecule has 0 aliphatic heterocycles. The van der Waals surface area contributed by atoms with E-state index in [1.807, 2.05) is 6.92 Å². The first-order valence-corrected chi connectivity index (χ1v) is 10.9. The topological polar surface area (TPSA) is 115 Å². The van der Waals surface area contributed by atoms with Gasteiger partial charge in [0.2, 0.25) is 0 Å². The van der Waals surface area contributed by atoms with Crippen molar-refractivity contribution in [3.05, 3.63) is 84.1 Å². The van der Waals surface area contributed by atoms with Gasteiger partial charge in [-0.1, -0.05) is 0 Å². The van der Waals surface area contributed by atoms with Gasteiger partial charge in [-0.25, -0.2) is 9.18 Å². The Kier molecular flexibility index (Phi) is 6.92. The summed E-state index contributed by atoms with van der Waals surface area (Å²) in [6.45, 7) is 2.33. The number of anilines is 2. The summed E-state index contributed by atoms with van der Waals surface area (Å²) in [4.78, 5) is 27.9. The first-order chi connectivity index (χ1) is 17.5. The predicted octanol–water partition coefficient (Wildman–Crippen LogP) is 5.53. The van der Waals surface area contributed by atoms with E-state index in [1.54, 1.807) is 16.9 Å². The number of nitrogens with zero attached hydrogens (tertiary/aromatic N) is 3. The molecular weight excluding hydrogens is 492 g/mol. The summed E-state index contributed by atoms with van der Waals surface area (Å²) in [6.07, 6.45) is -1.47. The lowest BCUT2D eigenvalue weighted by Gasteiger charge is -2.11. The number of urea groups is 1. The molecule has 3 amide bonds. The van der Waals surface area contributed by atoms with E-state index in [0.29, 0.717) is 23.4 Å². The number of rotatable bonds is 6. The predicted molar refractivity (Wildman–Crippen MR) is 129 cm³/mol. The zero-order valence-corrected chi connectivity index (χ0v) is 19.3. The van der Waals surface area contributed by atoms with Gasteiger partial charge in [-0.3, -0.25) is 14.5 Å². The van der Waals surface area contributed by atoms with Crippen LogP contribution < -0.4 is 16.4 Å². The van der Waals surface area contributed by atoms with Crippen molar-refractivity contribution in [2.45, 2.75) is 19.6 Å². The molecule has 2 aromatic heterocycles. The van der Waals surface area contributed by atoms with Crippen LogP contribution in [0.2, 0.25) is 0 Å². The van der Waals surface area contributed by atoms with E-state index in [0.717, 1.165) is 30.3 Å². The largest absolute Gasteiger partial charge is 0.416 e. The minimum atomic E-state index is -4.49. The summed E-state index contributed by atoms with van der Waals surface area (Å²) in [7, 11) is 0. The van der Waals surface area contributed by atoms with Gasteiger partial charge in [0, 0.05) is 47.0 Å². The maximum atomic E-state index is 14.9. The average molecular weight is 512 g/mol. The Hall–Kier alpha value is -4.74. The first-order valence-electron chi connectivity index (χ1n) is 10.9. The third-order valence-electron chi connectivity index (χ3n) is 5.36. The van der Waals surface area contributed by atoms with Crippen molar-refractivity contribution in [3.63, 3.8) is 0 Å². The van der Waals surface area contributed by atoms with E-state index >= 15 is 0 Å². The molecule has 0 radical (unpaired) electrons. The lowest BCUT2D eigenvalue weighted by atomic mass is 10.0. The van der Waals surface area contributed by atoms with Crippen LogP contribution in [0.25, 0.3) is 22.4 Å². The highest BCUT2D eigenvalue weighted by Crippen LogP contribution is 2.34. The van der Waals surface area contributed by atoms with Gasteiger partial charge in [0.1, 0.15) is 17.2 Å². The number of nitrogens with one attached hydrogen (secondary N) is 2. The molecule has 4 rings (SSSR count). The third-order valence-corrected chi connectivity index (χ3v) is 5.36. The van der Waals surface area contributed by atoms with Gasteiger partial charge in [-0.05, 0) is 61.5 Å². The molecule has 8 nitrogen and oxygen atoms in total. The number of carbonyl (C=O) groups excluding carboxylic acids is 2. The van der Waals surface area contributed by atoms with Crippen molar-refractivity contribution < 1.29 is 27.2 Å². The van der Waals surface area contributed by atoms with Crippen LogP contribution in [-0.2, 0) is 12.7 Å². The van der Waals surface area contributed by atoms with E-state index < -0.39 is 29.5 Å². The van der Waals surface area contributed by atoms with Crippen LogP contribution in [0.15, 0.2) is 67.0 Å². The Morgan fingerprint density at radius 1 is 0.973 bits per heavy atom. The second kappa shape index (κ2) is 10.1. The number of nitrogens with two attached hydrogens (primary N) is 1. The van der Waals surface area contributed by atoms with Crippen LogP contribution in [-0.4, -0.2) is 26.7 Å². The fourth-order valence-electron chi connectivity index (χ4n) is 3.55. The van der Waals surface area contributed by atoms with Gasteiger partial charge in [0.15, 0.2) is 0 Å². The Morgan fingerprint density at radius 2 is 1.65 bits per heavy atom. The quantitative estimate of drug-likeness (QED) is 0.295. The number of pyridine rings is 1. The Bertz CT molecular complexity index is 1470. The summed E-state index contributed by atoms with van der Waals surface area (Å²) in [6, 6.07) is 10.2. The van der Waals surface area contributed by atoms with Crippen LogP contribution in [0.3, 0.4) is 0 Å². The van der Waals surface area contributed by atoms with Gasteiger partial charge in [-0.15, -0.1) is 0 Å². The third kappa shape index (κ3) is 5.74. The molecule has 2 aromatic carbocycles. The average Bonchev–Trinajstić information content (AvgIpc) is 3.29. The highest BCUT2D eigenvalue weighted by atomic mass is 19.4. The van der Waals surface area contributed by atoms with Gasteiger partial charge < -0.3 is 16.4 Å². The van der Waals surface area contributed by atoms with Crippen molar-refractivity contribution in [1.82, 2.24) is 14.8 Å². The van der Waals surface area contributed by atoms with E-state index in [-0.39, 0.29) is 22.6 Å². The lowest BCUT2D eigenvalue weighted by molar-refractivity contribution is -0.137. The summed E-state index contributed by atoms with van der Waals surface area (Å²) < 4.78 is 54.7. The molecule has 37 heavy (non-hydrogen) atoms. The number of primary amides is 1. The first kappa shape index (κ1) is 25.4. The van der Waals surface area contributed by atoms with E-state index in [1.165, 1.54) is 24.4 Å². The van der Waals surface area contributed by atoms with Crippen LogP contribution in [0.4, 0.5) is 33.7 Å². The SMILES string of the molecule is CCn1cc(-c2cc(NC(=O)Nc3ccc(C(F)(F)F)cc3)ccc2F)c(-c2ccnc(C(N)=O)c2)n1. The molecule has 0 saturated heterocycles. The molecular formula is C25H20F4N6O2. The van der Waals surface area contributed by atoms with Gasteiger partial charge in [-0.2, -0.15) is 18.3 Å². The summed E-state index contributed by atoms with van der Waals surface area (Å²) in [5, 5.41) is 9.45. The van der Waals surface area contributed by atoms with Crippen molar-refractivity contribution in [2.75, 3.05) is 10.6 Å². The standard InChI is InChI=1S/C25H20F4N6O2/c1-2-35-13-19(22(34-35)14-9-10-31-21(11-14)23(30)36)18-12-17(7-8-20(18)26)33-24(37)32-16-5-3-15(4-6-16)25(27,28)29/h3-13H,2H2,1H3,(H2,30,36)(H2,32,33,37). The lowest BCUT2D eigenvalue weighted by Crippen LogP contribution is -2.19. The summed E-state index contributed by atoms with van der Waals surface area (Å²) in [5.41, 5.74) is 6.25. The molecule has 0 bridgehead atoms. The van der Waals surface area contributed by atoms with Crippen molar-refractivity contribution >= 4 is 23.3 Å². The summed E-state index contributed by atoms with van der Waals surface area (Å²) in [5.74, 6) is -1.32. The zero-order valence-electron chi connectivity index (χ0n) is 19.3. The molecule has 4 aromatic rings. The van der Waals surface area contributed by atoms with Crippen LogP contribution in [0.1, 0.15) is 23.0 Å². The molecule has 0 spiro atoms. The van der Waals surface area contributed by atoms with E-state index in [2.05, 4.69) is 20.7 Å². The van der Waals surface area contributed by atoms with Crippen LogP contribution in [0.5, 0.6) is 0 Å². The molecule has 0 atom stereocenters. The highest BCUT2D eigenvalue weighted by Gasteiger charge is 2.30. The second-order valence-corrected chi connectivity index (χ2v) is 7.89. The number of hydrogen-bond acceptors (Lipinski definition) is 4. The molecule has 0 saturated carbocycles. The number of carbonyl (C=O) groups is 2. The fraction of sp³-hybridized carbons (Fsp3) is 0.120. The minimum Gasteiger partial charge on any atom is -0.364 e. The Labute approximate surface area is 208 Å². The van der Waals surface area contributed by atoms with Crippen LogP contribution >= 0.6 is 0 Å². The van der Waals surface area contributed by atoms with Crippen molar-refractivity contribution in [3.8, 4) is 22.4 Å². The highest BCUT2D eigenvalue weighted by molar-refractivity contribution is 6.00. The molecule has 2 heterocycles. The molecule has 0 unspecified atom stereocenters. The van der Waals surface area contributed by atoms with Gasteiger partial charge in [0.05, 0.1) is 5.56 Å². The number of benzene rings is 2. The van der Waals surface area contributed by atoms with Crippen molar-refractivity contribution in [2.24, 2.45) is 5.73 Å². The number of amides is 3. The Balaban J connectivity index is 1.61. The minimum absolute atomic E-state index is 0.0188. The number of aryl methyl sites for hydroxylation is 1. The molecule has 12 heteroatoms. The zero-order chi connectivity index (χ0) is 26.7. The maximum absolute atomic E-state index is 14.9. The normalized spacial score (nSPS) is 11.3. The van der Waals surface area contributed by atoms with Crippen LogP contribution in [0, 0.1) is 5.82 Å². The number of aromatic nitrogens is 3. The van der Waals surface area contributed by atoms with Gasteiger partial charge >= 0.3 is 12.2 Å².